The molecule has 2 heterocycles. The summed E-state index contributed by atoms with van der Waals surface area (Å²) in [4.78, 5) is 0. The highest BCUT2D eigenvalue weighted by molar-refractivity contribution is 7.26. The van der Waals surface area contributed by atoms with Gasteiger partial charge in [0.25, 0.3) is 0 Å². The Balaban J connectivity index is 1.10. The zero-order valence-corrected chi connectivity index (χ0v) is 31.3. The largest absolute Gasteiger partial charge is 0.455 e. The molecule has 0 radical (unpaired) electrons. The molecule has 1 aliphatic rings. The maximum atomic E-state index is 6.90. The number of rotatable bonds is 3. The molecule has 0 saturated carbocycles. The first-order chi connectivity index (χ1) is 27.1. The Morgan fingerprint density at radius 1 is 0.418 bits per heavy atom. The molecule has 2 aromatic heterocycles. The van der Waals surface area contributed by atoms with Crippen molar-refractivity contribution in [2.24, 2.45) is 0 Å². The zero-order valence-electron chi connectivity index (χ0n) is 30.5. The Morgan fingerprint density at radius 2 is 0.982 bits per heavy atom. The number of benzene rings is 9. The molecular formula is C53H34OS. The highest BCUT2D eigenvalue weighted by Gasteiger charge is 2.37. The molecular weight excluding hydrogens is 685 g/mol. The summed E-state index contributed by atoms with van der Waals surface area (Å²) >= 11 is 1.87. The molecule has 1 aliphatic carbocycles. The highest BCUT2D eigenvalue weighted by Crippen LogP contribution is 2.53. The fourth-order valence-electron chi connectivity index (χ4n) is 9.92. The van der Waals surface area contributed by atoms with Crippen LogP contribution in [0.15, 0.2) is 174 Å². The van der Waals surface area contributed by atoms with Crippen LogP contribution in [0.25, 0.3) is 108 Å². The maximum Gasteiger partial charge on any atom is 0.144 e. The molecule has 1 nitrogen and oxygen atoms in total. The Morgan fingerprint density at radius 3 is 1.73 bits per heavy atom. The van der Waals surface area contributed by atoms with Gasteiger partial charge < -0.3 is 4.42 Å². The van der Waals surface area contributed by atoms with Crippen molar-refractivity contribution < 1.29 is 4.42 Å². The van der Waals surface area contributed by atoms with E-state index < -0.39 is 0 Å². The lowest BCUT2D eigenvalue weighted by Crippen LogP contribution is -2.16. The zero-order chi connectivity index (χ0) is 36.4. The first kappa shape index (κ1) is 30.9. The van der Waals surface area contributed by atoms with Crippen LogP contribution >= 0.6 is 11.3 Å². The molecule has 0 spiro atoms. The molecule has 0 N–H and O–H groups in total. The summed E-state index contributed by atoms with van der Waals surface area (Å²) in [5, 5.41) is 9.86. The monoisotopic (exact) mass is 718 g/mol. The van der Waals surface area contributed by atoms with Crippen molar-refractivity contribution in [3.8, 4) is 44.5 Å². The molecule has 11 aromatic rings. The first-order valence-corrected chi connectivity index (χ1v) is 19.9. The van der Waals surface area contributed by atoms with Crippen LogP contribution in [0.5, 0.6) is 0 Å². The van der Waals surface area contributed by atoms with Crippen molar-refractivity contribution in [1.82, 2.24) is 0 Å². The van der Waals surface area contributed by atoms with Gasteiger partial charge in [-0.05, 0) is 84.3 Å². The SMILES string of the molecule is CC1(C)c2ccccc2-c2cccc(-c3ccc(-c4c5ccccc5c(-c5cc6sc7ccccc7c6c6c5oc5ccccc56)c5ccccc45)cc3)c21. The van der Waals surface area contributed by atoms with Crippen LogP contribution in [0.1, 0.15) is 25.0 Å². The number of furan rings is 1. The summed E-state index contributed by atoms with van der Waals surface area (Å²) in [6, 6.07) is 62.6. The summed E-state index contributed by atoms with van der Waals surface area (Å²) in [7, 11) is 0. The predicted octanol–water partition coefficient (Wildman–Crippen LogP) is 15.6. The number of hydrogen-bond donors (Lipinski definition) is 0. The van der Waals surface area contributed by atoms with Crippen LogP contribution in [-0.4, -0.2) is 0 Å². The molecule has 258 valence electrons. The third-order valence-electron chi connectivity index (χ3n) is 12.3. The molecule has 0 atom stereocenters. The van der Waals surface area contributed by atoms with Crippen molar-refractivity contribution in [3.05, 3.63) is 181 Å². The summed E-state index contributed by atoms with van der Waals surface area (Å²) < 4.78 is 9.48. The van der Waals surface area contributed by atoms with E-state index in [0.717, 1.165) is 22.1 Å². The average molecular weight is 719 g/mol. The van der Waals surface area contributed by atoms with Gasteiger partial charge in [0.1, 0.15) is 11.2 Å². The fraction of sp³-hybridized carbons (Fsp3) is 0.0566. The van der Waals surface area contributed by atoms with E-state index in [-0.39, 0.29) is 5.41 Å². The minimum absolute atomic E-state index is 0.0759. The molecule has 9 aromatic carbocycles. The van der Waals surface area contributed by atoms with E-state index in [4.69, 9.17) is 4.42 Å². The van der Waals surface area contributed by atoms with Crippen LogP contribution < -0.4 is 0 Å². The fourth-order valence-corrected chi connectivity index (χ4v) is 11.1. The van der Waals surface area contributed by atoms with E-state index in [0.29, 0.717) is 0 Å². The molecule has 0 unspecified atom stereocenters. The second kappa shape index (κ2) is 11.3. The molecule has 0 fully saturated rings. The maximum absolute atomic E-state index is 6.90. The first-order valence-electron chi connectivity index (χ1n) is 19.1. The third-order valence-corrected chi connectivity index (χ3v) is 13.4. The van der Waals surface area contributed by atoms with Gasteiger partial charge in [-0.3, -0.25) is 0 Å². The lowest BCUT2D eigenvalue weighted by atomic mass is 9.78. The number of hydrogen-bond acceptors (Lipinski definition) is 2. The smallest absolute Gasteiger partial charge is 0.144 e. The molecule has 0 aliphatic heterocycles. The minimum Gasteiger partial charge on any atom is -0.455 e. The van der Waals surface area contributed by atoms with Gasteiger partial charge >= 0.3 is 0 Å². The van der Waals surface area contributed by atoms with E-state index in [1.807, 2.05) is 11.3 Å². The summed E-state index contributed by atoms with van der Waals surface area (Å²) in [6.07, 6.45) is 0. The quantitative estimate of drug-likeness (QED) is 0.166. The van der Waals surface area contributed by atoms with E-state index in [2.05, 4.69) is 184 Å². The van der Waals surface area contributed by atoms with E-state index >= 15 is 0 Å². The van der Waals surface area contributed by atoms with Gasteiger partial charge in [0.2, 0.25) is 0 Å². The van der Waals surface area contributed by atoms with E-state index in [1.165, 1.54) is 97.2 Å². The van der Waals surface area contributed by atoms with Gasteiger partial charge in [-0.2, -0.15) is 0 Å². The van der Waals surface area contributed by atoms with Crippen LogP contribution in [-0.2, 0) is 5.41 Å². The molecule has 0 amide bonds. The third kappa shape index (κ3) is 4.23. The van der Waals surface area contributed by atoms with Crippen molar-refractivity contribution in [2.75, 3.05) is 0 Å². The summed E-state index contributed by atoms with van der Waals surface area (Å²) in [5.74, 6) is 0. The molecule has 12 rings (SSSR count). The molecule has 55 heavy (non-hydrogen) atoms. The normalized spacial score (nSPS) is 13.4. The summed E-state index contributed by atoms with van der Waals surface area (Å²) in [6.45, 7) is 4.74. The standard InChI is InChI=1S/C53H34OS/c1-53(2)43-23-10-7-14-34(43)39-22-13-21-33(51(39)53)31-26-28-32(29-27-31)47-35-15-3-5-17-37(35)48(38-18-6-4-16-36(38)47)42-30-46-49(41-20-9-12-25-45(41)55-46)50-40-19-8-11-24-44(40)54-52(42)50/h3-30H,1-2H3. The second-order valence-corrected chi connectivity index (χ2v) is 16.6. The van der Waals surface area contributed by atoms with Crippen molar-refractivity contribution >= 4 is 75.0 Å². The Hall–Kier alpha value is -6.48. The van der Waals surface area contributed by atoms with Gasteiger partial charge in [0, 0.05) is 47.5 Å². The molecule has 0 bridgehead atoms. The van der Waals surface area contributed by atoms with Crippen molar-refractivity contribution in [2.45, 2.75) is 19.3 Å². The van der Waals surface area contributed by atoms with Gasteiger partial charge in [0.15, 0.2) is 0 Å². The lowest BCUT2D eigenvalue weighted by molar-refractivity contribution is 0.662. The van der Waals surface area contributed by atoms with E-state index in [9.17, 15) is 0 Å². The highest BCUT2D eigenvalue weighted by atomic mass is 32.1. The van der Waals surface area contributed by atoms with Crippen LogP contribution in [0.3, 0.4) is 0 Å². The van der Waals surface area contributed by atoms with Gasteiger partial charge in [-0.25, -0.2) is 0 Å². The Bertz CT molecular complexity index is 3340. The number of fused-ring (bicyclic) bond motifs is 12. The molecule has 2 heteroatoms. The van der Waals surface area contributed by atoms with Crippen LogP contribution in [0, 0.1) is 0 Å². The minimum atomic E-state index is -0.0759. The second-order valence-electron chi connectivity index (χ2n) is 15.5. The van der Waals surface area contributed by atoms with Gasteiger partial charge in [0.05, 0.1) is 0 Å². The van der Waals surface area contributed by atoms with Gasteiger partial charge in [-0.15, -0.1) is 11.3 Å². The van der Waals surface area contributed by atoms with Crippen molar-refractivity contribution in [3.63, 3.8) is 0 Å². The van der Waals surface area contributed by atoms with Crippen molar-refractivity contribution in [1.29, 1.82) is 0 Å². The predicted molar refractivity (Wildman–Crippen MR) is 235 cm³/mol. The van der Waals surface area contributed by atoms with Crippen LogP contribution in [0.4, 0.5) is 0 Å². The van der Waals surface area contributed by atoms with Gasteiger partial charge in [-0.1, -0.05) is 166 Å². The Labute approximate surface area is 322 Å². The van der Waals surface area contributed by atoms with Crippen LogP contribution in [0.2, 0.25) is 0 Å². The molecule has 0 saturated heterocycles. The topological polar surface area (TPSA) is 13.1 Å². The number of thiophene rings is 1. The number of para-hydroxylation sites is 1. The van der Waals surface area contributed by atoms with E-state index in [1.54, 1.807) is 0 Å². The Kier molecular flexibility index (Phi) is 6.34. The average Bonchev–Trinajstić information content (AvgIpc) is 3.87. The lowest BCUT2D eigenvalue weighted by Gasteiger charge is -2.24. The summed E-state index contributed by atoms with van der Waals surface area (Å²) in [5.41, 5.74) is 14.7.